The van der Waals surface area contributed by atoms with E-state index in [2.05, 4.69) is 6.58 Å². The minimum Gasteiger partial charge on any atom is -0.451 e. The molecule has 1 aliphatic rings. The number of hydrogen-bond donors (Lipinski definition) is 0. The molecule has 0 radical (unpaired) electrons. The number of carbonyl (C=O) groups is 2. The molecule has 0 N–H and O–H groups in total. The zero-order valence-corrected chi connectivity index (χ0v) is 11.6. The Morgan fingerprint density at radius 1 is 1.48 bits per heavy atom. The van der Waals surface area contributed by atoms with E-state index in [1.807, 2.05) is 0 Å². The van der Waals surface area contributed by atoms with Crippen LogP contribution >= 0.6 is 0 Å². The van der Waals surface area contributed by atoms with Crippen molar-refractivity contribution in [2.45, 2.75) is 25.9 Å². The zero-order valence-electron chi connectivity index (χ0n) is 11.6. The van der Waals surface area contributed by atoms with Crippen LogP contribution in [0.4, 0.5) is 5.69 Å². The summed E-state index contributed by atoms with van der Waals surface area (Å²) in [7, 11) is 0. The lowest BCUT2D eigenvalue weighted by Crippen LogP contribution is -2.29. The van der Waals surface area contributed by atoms with Gasteiger partial charge in [0.15, 0.2) is 11.9 Å². The molecule has 1 aliphatic carbocycles. The Balaban J connectivity index is 2.07. The van der Waals surface area contributed by atoms with Crippen LogP contribution in [0.15, 0.2) is 36.9 Å². The SMILES string of the molecule is C=C[C@]1(C)CC[C@H](OC(=O)c2ccc([N+](=O)[O-])cc2)C1=O. The Bertz CT molecular complexity index is 607. The van der Waals surface area contributed by atoms with Crippen LogP contribution in [0.5, 0.6) is 0 Å². The summed E-state index contributed by atoms with van der Waals surface area (Å²) in [5, 5.41) is 10.5. The van der Waals surface area contributed by atoms with Crippen LogP contribution in [0.1, 0.15) is 30.1 Å². The molecule has 2 atom stereocenters. The maximum absolute atomic E-state index is 12.1. The average molecular weight is 289 g/mol. The number of esters is 1. The largest absolute Gasteiger partial charge is 0.451 e. The summed E-state index contributed by atoms with van der Waals surface area (Å²) in [5.41, 5.74) is -0.580. The number of benzene rings is 1. The Kier molecular flexibility index (Phi) is 3.88. The lowest BCUT2D eigenvalue weighted by molar-refractivity contribution is -0.384. The zero-order chi connectivity index (χ0) is 15.6. The second-order valence-electron chi connectivity index (χ2n) is 5.22. The molecule has 6 nitrogen and oxygen atoms in total. The summed E-state index contributed by atoms with van der Waals surface area (Å²) >= 11 is 0. The van der Waals surface area contributed by atoms with Crippen LogP contribution in [-0.2, 0) is 9.53 Å². The van der Waals surface area contributed by atoms with Gasteiger partial charge in [0.2, 0.25) is 0 Å². The van der Waals surface area contributed by atoms with E-state index in [1.165, 1.54) is 24.3 Å². The number of ketones is 1. The van der Waals surface area contributed by atoms with E-state index in [9.17, 15) is 19.7 Å². The highest BCUT2D eigenvalue weighted by atomic mass is 16.6. The van der Waals surface area contributed by atoms with Gasteiger partial charge in [-0.2, -0.15) is 0 Å². The lowest BCUT2D eigenvalue weighted by Gasteiger charge is -2.17. The topological polar surface area (TPSA) is 86.5 Å². The van der Waals surface area contributed by atoms with Crippen molar-refractivity contribution in [3.63, 3.8) is 0 Å². The van der Waals surface area contributed by atoms with E-state index in [-0.39, 0.29) is 17.0 Å². The van der Waals surface area contributed by atoms with Gasteiger partial charge in [-0.05, 0) is 31.9 Å². The summed E-state index contributed by atoms with van der Waals surface area (Å²) in [4.78, 5) is 34.1. The van der Waals surface area contributed by atoms with Gasteiger partial charge in [-0.25, -0.2) is 4.79 Å². The first kappa shape index (κ1) is 14.9. The molecule has 21 heavy (non-hydrogen) atoms. The second kappa shape index (κ2) is 5.47. The fraction of sp³-hybridized carbons (Fsp3) is 0.333. The van der Waals surface area contributed by atoms with Gasteiger partial charge in [0.1, 0.15) is 0 Å². The fourth-order valence-corrected chi connectivity index (χ4v) is 2.28. The summed E-state index contributed by atoms with van der Waals surface area (Å²) in [5.74, 6) is -0.815. The van der Waals surface area contributed by atoms with Crippen molar-refractivity contribution in [2.24, 2.45) is 5.41 Å². The summed E-state index contributed by atoms with van der Waals surface area (Å²) in [6.45, 7) is 5.40. The third kappa shape index (κ3) is 2.84. The third-order valence-electron chi connectivity index (χ3n) is 3.79. The van der Waals surface area contributed by atoms with E-state index in [0.717, 1.165) is 0 Å². The highest BCUT2D eigenvalue weighted by Crippen LogP contribution is 2.37. The molecule has 0 aliphatic heterocycles. The van der Waals surface area contributed by atoms with Gasteiger partial charge in [0.05, 0.1) is 10.5 Å². The molecule has 0 amide bonds. The van der Waals surface area contributed by atoms with Gasteiger partial charge in [0.25, 0.3) is 5.69 Å². The molecule has 2 rings (SSSR count). The number of Topliss-reactive ketones (excluding diaryl/α,β-unsaturated/α-hetero) is 1. The quantitative estimate of drug-likeness (QED) is 0.368. The van der Waals surface area contributed by atoms with Crippen molar-refractivity contribution in [3.8, 4) is 0 Å². The number of nitro groups is 1. The van der Waals surface area contributed by atoms with Crippen molar-refractivity contribution in [1.29, 1.82) is 0 Å². The Morgan fingerprint density at radius 2 is 2.10 bits per heavy atom. The molecule has 0 aromatic heterocycles. The number of carbonyl (C=O) groups excluding carboxylic acids is 2. The molecule has 0 bridgehead atoms. The molecular formula is C15H15NO5. The highest BCUT2D eigenvalue weighted by molar-refractivity contribution is 5.96. The molecule has 110 valence electrons. The number of nitrogens with zero attached hydrogens (tertiary/aromatic N) is 1. The molecule has 1 fully saturated rings. The van der Waals surface area contributed by atoms with Gasteiger partial charge in [-0.3, -0.25) is 14.9 Å². The minimum absolute atomic E-state index is 0.109. The van der Waals surface area contributed by atoms with E-state index < -0.39 is 22.4 Å². The Hall–Kier alpha value is -2.50. The molecule has 1 aromatic carbocycles. The van der Waals surface area contributed by atoms with Crippen molar-refractivity contribution in [3.05, 3.63) is 52.6 Å². The maximum Gasteiger partial charge on any atom is 0.338 e. The number of rotatable bonds is 4. The smallest absolute Gasteiger partial charge is 0.338 e. The summed E-state index contributed by atoms with van der Waals surface area (Å²) in [6, 6.07) is 5.07. The lowest BCUT2D eigenvalue weighted by atomic mass is 9.88. The molecular weight excluding hydrogens is 274 g/mol. The molecule has 0 saturated heterocycles. The number of allylic oxidation sites excluding steroid dienone is 1. The van der Waals surface area contributed by atoms with Crippen molar-refractivity contribution >= 4 is 17.4 Å². The van der Waals surface area contributed by atoms with Gasteiger partial charge < -0.3 is 4.74 Å². The van der Waals surface area contributed by atoms with Gasteiger partial charge in [-0.1, -0.05) is 6.08 Å². The summed E-state index contributed by atoms with van der Waals surface area (Å²) < 4.78 is 5.20. The van der Waals surface area contributed by atoms with Crippen LogP contribution in [0.2, 0.25) is 0 Å². The predicted molar refractivity (Wildman–Crippen MR) is 74.8 cm³/mol. The van der Waals surface area contributed by atoms with Crippen LogP contribution in [0.25, 0.3) is 0 Å². The van der Waals surface area contributed by atoms with Crippen molar-refractivity contribution < 1.29 is 19.2 Å². The predicted octanol–water partition coefficient (Wildman–Crippen LogP) is 2.68. The third-order valence-corrected chi connectivity index (χ3v) is 3.79. The molecule has 1 aromatic rings. The van der Waals surface area contributed by atoms with E-state index >= 15 is 0 Å². The highest BCUT2D eigenvalue weighted by Gasteiger charge is 2.44. The maximum atomic E-state index is 12.1. The normalized spacial score (nSPS) is 24.6. The fourth-order valence-electron chi connectivity index (χ4n) is 2.28. The van der Waals surface area contributed by atoms with Crippen molar-refractivity contribution in [1.82, 2.24) is 0 Å². The molecule has 0 unspecified atom stereocenters. The summed E-state index contributed by atoms with van der Waals surface area (Å²) in [6.07, 6.45) is 1.85. The Morgan fingerprint density at radius 3 is 2.57 bits per heavy atom. The number of ether oxygens (including phenoxy) is 1. The molecule has 0 heterocycles. The number of hydrogen-bond acceptors (Lipinski definition) is 5. The standard InChI is InChI=1S/C15H15NO5/c1-3-15(2)9-8-12(13(15)17)21-14(18)10-4-6-11(7-5-10)16(19)20/h3-7,12H,1,8-9H2,2H3/t12-,15+/m0/s1. The molecule has 1 saturated carbocycles. The first-order valence-electron chi connectivity index (χ1n) is 6.51. The molecule has 6 heteroatoms. The van der Waals surface area contributed by atoms with Crippen LogP contribution in [0.3, 0.4) is 0 Å². The molecule has 0 spiro atoms. The van der Waals surface area contributed by atoms with Gasteiger partial charge in [-0.15, -0.1) is 6.58 Å². The average Bonchev–Trinajstić information content (AvgIpc) is 2.76. The first-order valence-corrected chi connectivity index (χ1v) is 6.51. The van der Waals surface area contributed by atoms with Crippen LogP contribution < -0.4 is 0 Å². The van der Waals surface area contributed by atoms with E-state index in [0.29, 0.717) is 12.8 Å². The van der Waals surface area contributed by atoms with E-state index in [4.69, 9.17) is 4.74 Å². The van der Waals surface area contributed by atoms with Crippen molar-refractivity contribution in [2.75, 3.05) is 0 Å². The van der Waals surface area contributed by atoms with Gasteiger partial charge in [0, 0.05) is 17.5 Å². The van der Waals surface area contributed by atoms with Crippen LogP contribution in [0, 0.1) is 15.5 Å². The second-order valence-corrected chi connectivity index (χ2v) is 5.22. The Labute approximate surface area is 121 Å². The van der Waals surface area contributed by atoms with Gasteiger partial charge >= 0.3 is 5.97 Å². The monoisotopic (exact) mass is 289 g/mol. The van der Waals surface area contributed by atoms with Crippen LogP contribution in [-0.4, -0.2) is 22.8 Å². The minimum atomic E-state index is -0.782. The number of nitro benzene ring substituents is 1. The van der Waals surface area contributed by atoms with E-state index in [1.54, 1.807) is 13.0 Å². The first-order chi connectivity index (χ1) is 9.87. The number of non-ortho nitro benzene ring substituents is 1.